The first kappa shape index (κ1) is 18.1. The van der Waals surface area contributed by atoms with Crippen molar-refractivity contribution in [3.05, 3.63) is 77.8 Å². The van der Waals surface area contributed by atoms with Gasteiger partial charge in [-0.25, -0.2) is 13.8 Å². The van der Waals surface area contributed by atoms with Crippen LogP contribution in [0, 0.1) is 11.6 Å². The van der Waals surface area contributed by atoms with Gasteiger partial charge in [0.05, 0.1) is 12.0 Å². The number of benzene rings is 2. The summed E-state index contributed by atoms with van der Waals surface area (Å²) in [5.74, 6) is -1.46. The normalized spacial score (nSPS) is 11.0. The summed E-state index contributed by atoms with van der Waals surface area (Å²) in [6.07, 6.45) is 3.54. The number of ether oxygens (including phenoxy) is 1. The molecule has 8 heteroatoms. The molecule has 1 amide bonds. The summed E-state index contributed by atoms with van der Waals surface area (Å²) in [5, 5.41) is 2.66. The Labute approximate surface area is 163 Å². The topological polar surface area (TPSA) is 55.6 Å². The maximum Gasteiger partial charge on any atom is 0.271 e. The van der Waals surface area contributed by atoms with Crippen molar-refractivity contribution in [1.29, 1.82) is 0 Å². The molecule has 4 rings (SSSR count). The van der Waals surface area contributed by atoms with Crippen molar-refractivity contribution in [3.8, 4) is 16.2 Å². The highest BCUT2D eigenvalue weighted by molar-refractivity contribution is 7.20. The Balaban J connectivity index is 1.47. The number of aromatic nitrogens is 2. The first-order valence-corrected chi connectivity index (χ1v) is 9.20. The summed E-state index contributed by atoms with van der Waals surface area (Å²) in [7, 11) is 1.62. The van der Waals surface area contributed by atoms with Gasteiger partial charge < -0.3 is 10.1 Å². The molecular weight excluding hydrogens is 384 g/mol. The summed E-state index contributed by atoms with van der Waals surface area (Å²) >= 11 is 1.46. The van der Waals surface area contributed by atoms with E-state index in [9.17, 15) is 13.6 Å². The maximum absolute atomic E-state index is 13.2. The molecule has 0 saturated carbocycles. The Hall–Kier alpha value is -3.26. The highest BCUT2D eigenvalue weighted by Gasteiger charge is 2.14. The van der Waals surface area contributed by atoms with Crippen molar-refractivity contribution in [2.45, 2.75) is 6.54 Å². The van der Waals surface area contributed by atoms with Crippen molar-refractivity contribution in [3.63, 3.8) is 0 Å². The third-order valence-corrected chi connectivity index (χ3v) is 5.25. The van der Waals surface area contributed by atoms with Crippen LogP contribution in [-0.4, -0.2) is 22.4 Å². The number of nitrogens with zero attached hydrogens (tertiary/aromatic N) is 2. The smallest absolute Gasteiger partial charge is 0.271 e. The summed E-state index contributed by atoms with van der Waals surface area (Å²) < 4.78 is 33.1. The lowest BCUT2D eigenvalue weighted by Crippen LogP contribution is -2.23. The minimum absolute atomic E-state index is 0.0817. The quantitative estimate of drug-likeness (QED) is 0.545. The number of carbonyl (C=O) groups is 1. The van der Waals surface area contributed by atoms with Crippen LogP contribution in [0.4, 0.5) is 8.78 Å². The fourth-order valence-corrected chi connectivity index (χ4v) is 3.69. The Bertz CT molecular complexity index is 1120. The van der Waals surface area contributed by atoms with E-state index in [1.165, 1.54) is 17.4 Å². The average Bonchev–Trinajstić information content (AvgIpc) is 3.28. The molecule has 0 spiro atoms. The number of amides is 1. The molecule has 5 nitrogen and oxygen atoms in total. The van der Waals surface area contributed by atoms with Gasteiger partial charge in [0.2, 0.25) is 0 Å². The Morgan fingerprint density at radius 3 is 2.61 bits per heavy atom. The lowest BCUT2D eigenvalue weighted by atomic mass is 10.2. The van der Waals surface area contributed by atoms with Crippen molar-refractivity contribution in [2.24, 2.45) is 0 Å². The number of imidazole rings is 1. The summed E-state index contributed by atoms with van der Waals surface area (Å²) in [6.45, 7) is 0.0817. The molecular formula is C20H15F2N3O2S. The molecule has 0 bridgehead atoms. The molecule has 0 aliphatic heterocycles. The zero-order valence-corrected chi connectivity index (χ0v) is 15.6. The average molecular weight is 399 g/mol. The van der Waals surface area contributed by atoms with E-state index in [-0.39, 0.29) is 18.1 Å². The number of halogens is 2. The number of thiazole rings is 1. The second kappa shape index (κ2) is 7.40. The van der Waals surface area contributed by atoms with Gasteiger partial charge in [0.25, 0.3) is 5.91 Å². The van der Waals surface area contributed by atoms with Gasteiger partial charge in [-0.2, -0.15) is 0 Å². The molecule has 142 valence electrons. The molecule has 28 heavy (non-hydrogen) atoms. The Morgan fingerprint density at radius 2 is 1.93 bits per heavy atom. The van der Waals surface area contributed by atoms with Gasteiger partial charge >= 0.3 is 0 Å². The number of fused-ring (bicyclic) bond motifs is 1. The van der Waals surface area contributed by atoms with Crippen LogP contribution in [0.3, 0.4) is 0 Å². The van der Waals surface area contributed by atoms with E-state index in [4.69, 9.17) is 4.74 Å². The zero-order chi connectivity index (χ0) is 19.7. The highest BCUT2D eigenvalue weighted by atomic mass is 32.1. The summed E-state index contributed by atoms with van der Waals surface area (Å²) in [5.41, 5.74) is 1.76. The van der Waals surface area contributed by atoms with Crippen LogP contribution >= 0.6 is 11.3 Å². The molecule has 0 atom stereocenters. The van der Waals surface area contributed by atoms with Gasteiger partial charge in [0.1, 0.15) is 11.4 Å². The lowest BCUT2D eigenvalue weighted by Gasteiger charge is -2.04. The Morgan fingerprint density at radius 1 is 1.14 bits per heavy atom. The number of hydrogen-bond donors (Lipinski definition) is 1. The molecule has 1 N–H and O–H groups in total. The maximum atomic E-state index is 13.2. The zero-order valence-electron chi connectivity index (χ0n) is 14.8. The third-order valence-electron chi connectivity index (χ3n) is 4.20. The number of rotatable bonds is 5. The van der Waals surface area contributed by atoms with Crippen LogP contribution in [0.15, 0.2) is 54.9 Å². The van der Waals surface area contributed by atoms with E-state index in [2.05, 4.69) is 10.3 Å². The standard InChI is InChI=1S/C20H15F2N3O2S/c1-27-14-5-3-13(4-6-14)18-11-25-10-17(24-20(25)28-18)19(26)23-9-12-2-7-15(21)16(22)8-12/h2-8,10-11H,9H2,1H3,(H,23,26). The number of nitrogens with one attached hydrogen (secondary N) is 1. The summed E-state index contributed by atoms with van der Waals surface area (Å²) in [6, 6.07) is 11.2. The van der Waals surface area contributed by atoms with Gasteiger partial charge in [-0.05, 0) is 47.5 Å². The number of carbonyl (C=O) groups excluding carboxylic acids is 1. The molecule has 0 aliphatic carbocycles. The van der Waals surface area contributed by atoms with Crippen molar-refractivity contribution in [2.75, 3.05) is 7.11 Å². The molecule has 4 aromatic rings. The molecule has 2 heterocycles. The van der Waals surface area contributed by atoms with Crippen molar-refractivity contribution < 1.29 is 18.3 Å². The van der Waals surface area contributed by atoms with Gasteiger partial charge in [-0.3, -0.25) is 9.20 Å². The Kier molecular flexibility index (Phi) is 4.79. The third kappa shape index (κ3) is 3.59. The number of methoxy groups -OCH3 is 1. The van der Waals surface area contributed by atoms with Gasteiger partial charge in [0, 0.05) is 18.9 Å². The molecule has 2 aromatic heterocycles. The minimum atomic E-state index is -0.944. The van der Waals surface area contributed by atoms with Crippen LogP contribution in [0.25, 0.3) is 15.4 Å². The van der Waals surface area contributed by atoms with E-state index in [0.29, 0.717) is 10.5 Å². The van der Waals surface area contributed by atoms with E-state index < -0.39 is 11.6 Å². The van der Waals surface area contributed by atoms with E-state index in [1.807, 2.05) is 30.5 Å². The van der Waals surface area contributed by atoms with Crippen molar-refractivity contribution >= 4 is 22.2 Å². The molecule has 0 saturated heterocycles. The van der Waals surface area contributed by atoms with E-state index in [1.54, 1.807) is 17.7 Å². The van der Waals surface area contributed by atoms with E-state index in [0.717, 1.165) is 28.3 Å². The van der Waals surface area contributed by atoms with E-state index >= 15 is 0 Å². The molecule has 2 aromatic carbocycles. The fourth-order valence-electron chi connectivity index (χ4n) is 2.72. The monoisotopic (exact) mass is 399 g/mol. The SMILES string of the molecule is COc1ccc(-c2cn3cc(C(=O)NCc4ccc(F)c(F)c4)nc3s2)cc1. The van der Waals surface area contributed by atoms with Crippen LogP contribution in [-0.2, 0) is 6.54 Å². The predicted molar refractivity (Wildman–Crippen MR) is 103 cm³/mol. The molecule has 0 unspecified atom stereocenters. The second-order valence-corrected chi connectivity index (χ2v) is 7.08. The minimum Gasteiger partial charge on any atom is -0.497 e. The first-order chi connectivity index (χ1) is 13.5. The molecule has 0 radical (unpaired) electrons. The highest BCUT2D eigenvalue weighted by Crippen LogP contribution is 2.29. The van der Waals surface area contributed by atoms with Gasteiger partial charge in [0.15, 0.2) is 16.6 Å². The van der Waals surface area contributed by atoms with Crippen LogP contribution in [0.2, 0.25) is 0 Å². The van der Waals surface area contributed by atoms with Crippen LogP contribution < -0.4 is 10.1 Å². The van der Waals surface area contributed by atoms with Crippen molar-refractivity contribution in [1.82, 2.24) is 14.7 Å². The van der Waals surface area contributed by atoms with Gasteiger partial charge in [-0.15, -0.1) is 0 Å². The fraction of sp³-hybridized carbons (Fsp3) is 0.100. The number of hydrogen-bond acceptors (Lipinski definition) is 4. The first-order valence-electron chi connectivity index (χ1n) is 8.38. The summed E-state index contributed by atoms with van der Waals surface area (Å²) in [4.78, 5) is 18.3. The largest absolute Gasteiger partial charge is 0.497 e. The van der Waals surface area contributed by atoms with Crippen LogP contribution in [0.5, 0.6) is 5.75 Å². The van der Waals surface area contributed by atoms with Gasteiger partial charge in [-0.1, -0.05) is 17.4 Å². The second-order valence-electron chi connectivity index (χ2n) is 6.07. The molecule has 0 aliphatic rings. The lowest BCUT2D eigenvalue weighted by molar-refractivity contribution is 0.0946. The predicted octanol–water partition coefficient (Wildman–Crippen LogP) is 4.28. The molecule has 0 fully saturated rings. The van der Waals surface area contributed by atoms with Crippen LogP contribution in [0.1, 0.15) is 16.1 Å².